The lowest BCUT2D eigenvalue weighted by Crippen LogP contribution is -2.45. The highest BCUT2D eigenvalue weighted by Gasteiger charge is 2.60. The number of rotatable bonds is 4. The van der Waals surface area contributed by atoms with Gasteiger partial charge in [-0.1, -0.05) is 31.1 Å². The van der Waals surface area contributed by atoms with E-state index in [4.69, 9.17) is 14.2 Å². The minimum Gasteiger partial charge on any atom is -0.459 e. The standard InChI is InChI=1S/C22H34O5/c1-13(2)11-18(24)26-17-12-15(5)9-8-10-22(7)21(27-22)20(25-16(6)23)19(17)14(3)4/h9,11,14,17,19-21H,8,10,12H2,1-7H3/b15-9+/t17-,19+,20+,21+,22-/m0/s1. The van der Waals surface area contributed by atoms with Crippen LogP contribution in [0.3, 0.4) is 0 Å². The average molecular weight is 379 g/mol. The Balaban J connectivity index is 2.41. The van der Waals surface area contributed by atoms with Crippen molar-refractivity contribution in [1.29, 1.82) is 0 Å². The topological polar surface area (TPSA) is 65.1 Å². The zero-order valence-corrected chi connectivity index (χ0v) is 17.7. The van der Waals surface area contributed by atoms with Gasteiger partial charge in [0.05, 0.1) is 5.60 Å². The van der Waals surface area contributed by atoms with Crippen molar-refractivity contribution < 1.29 is 23.8 Å². The molecular formula is C22H34O5. The molecule has 1 heterocycles. The molecule has 1 aliphatic heterocycles. The molecule has 27 heavy (non-hydrogen) atoms. The van der Waals surface area contributed by atoms with E-state index in [-0.39, 0.29) is 41.6 Å². The largest absolute Gasteiger partial charge is 0.459 e. The highest BCUT2D eigenvalue weighted by molar-refractivity contribution is 5.82. The summed E-state index contributed by atoms with van der Waals surface area (Å²) < 4.78 is 17.7. The first kappa shape index (κ1) is 21.7. The van der Waals surface area contributed by atoms with Crippen LogP contribution in [0.5, 0.6) is 0 Å². The van der Waals surface area contributed by atoms with Gasteiger partial charge >= 0.3 is 11.9 Å². The van der Waals surface area contributed by atoms with Crippen LogP contribution in [0.15, 0.2) is 23.3 Å². The van der Waals surface area contributed by atoms with Gasteiger partial charge in [-0.25, -0.2) is 4.79 Å². The van der Waals surface area contributed by atoms with Gasteiger partial charge in [-0.3, -0.25) is 4.79 Å². The first-order valence-corrected chi connectivity index (χ1v) is 9.89. The van der Waals surface area contributed by atoms with Gasteiger partial charge in [0.15, 0.2) is 0 Å². The summed E-state index contributed by atoms with van der Waals surface area (Å²) in [7, 11) is 0. The third-order valence-corrected chi connectivity index (χ3v) is 5.45. The first-order chi connectivity index (χ1) is 12.5. The second-order valence-corrected chi connectivity index (χ2v) is 8.74. The molecular weight excluding hydrogens is 344 g/mol. The Morgan fingerprint density at radius 1 is 1.26 bits per heavy atom. The molecule has 5 nitrogen and oxygen atoms in total. The van der Waals surface area contributed by atoms with Gasteiger partial charge < -0.3 is 14.2 Å². The fourth-order valence-corrected chi connectivity index (χ4v) is 4.11. The number of carbonyl (C=O) groups is 2. The van der Waals surface area contributed by atoms with Gasteiger partial charge in [-0.2, -0.15) is 0 Å². The third kappa shape index (κ3) is 5.68. The molecule has 1 aliphatic carbocycles. The monoisotopic (exact) mass is 378 g/mol. The van der Waals surface area contributed by atoms with Crippen LogP contribution in [-0.4, -0.2) is 35.9 Å². The van der Waals surface area contributed by atoms with Crippen molar-refractivity contribution in [3.63, 3.8) is 0 Å². The van der Waals surface area contributed by atoms with Crippen molar-refractivity contribution in [2.45, 2.75) is 91.6 Å². The molecule has 1 saturated heterocycles. The van der Waals surface area contributed by atoms with Crippen molar-refractivity contribution >= 4 is 11.9 Å². The van der Waals surface area contributed by atoms with Gasteiger partial charge in [-0.05, 0) is 46.5 Å². The van der Waals surface area contributed by atoms with Crippen LogP contribution in [0.1, 0.15) is 67.7 Å². The summed E-state index contributed by atoms with van der Waals surface area (Å²) in [5.74, 6) is -0.671. The minimum absolute atomic E-state index is 0.142. The SMILES string of the molecule is CC(=O)O[C@@H]1[C@H](C(C)C)[C@@H](OC(=O)C=C(C)C)C/C(C)=C/CC[C@]2(C)O[C@H]12. The van der Waals surface area contributed by atoms with Crippen LogP contribution in [0, 0.1) is 11.8 Å². The molecule has 0 saturated carbocycles. The Hall–Kier alpha value is -1.62. The van der Waals surface area contributed by atoms with Crippen molar-refractivity contribution in [3.05, 3.63) is 23.3 Å². The summed E-state index contributed by atoms with van der Waals surface area (Å²) >= 11 is 0. The predicted octanol–water partition coefficient (Wildman–Crippen LogP) is 4.36. The van der Waals surface area contributed by atoms with Crippen LogP contribution < -0.4 is 0 Å². The molecule has 0 aromatic carbocycles. The summed E-state index contributed by atoms with van der Waals surface area (Å²) in [4.78, 5) is 24.2. The van der Waals surface area contributed by atoms with E-state index >= 15 is 0 Å². The number of esters is 2. The number of epoxide rings is 1. The first-order valence-electron chi connectivity index (χ1n) is 9.89. The van der Waals surface area contributed by atoms with Gasteiger partial charge in [0, 0.05) is 25.3 Å². The quantitative estimate of drug-likeness (QED) is 0.315. The normalized spacial score (nSPS) is 35.3. The molecule has 5 atom stereocenters. The highest BCUT2D eigenvalue weighted by atomic mass is 16.6. The summed E-state index contributed by atoms with van der Waals surface area (Å²) in [5, 5.41) is 0. The smallest absolute Gasteiger partial charge is 0.330 e. The average Bonchev–Trinajstić information content (AvgIpc) is 3.15. The second-order valence-electron chi connectivity index (χ2n) is 8.74. The van der Waals surface area contributed by atoms with Gasteiger partial charge in [0.25, 0.3) is 0 Å². The molecule has 0 aromatic heterocycles. The number of allylic oxidation sites excluding steroid dienone is 2. The summed E-state index contributed by atoms with van der Waals surface area (Å²) in [6, 6.07) is 0. The number of hydrogen-bond donors (Lipinski definition) is 0. The molecule has 0 N–H and O–H groups in total. The molecule has 0 bridgehead atoms. The van der Waals surface area contributed by atoms with Gasteiger partial charge in [0.2, 0.25) is 0 Å². The van der Waals surface area contributed by atoms with Crippen molar-refractivity contribution in [3.8, 4) is 0 Å². The van der Waals surface area contributed by atoms with E-state index < -0.39 is 6.10 Å². The van der Waals surface area contributed by atoms with E-state index in [2.05, 4.69) is 33.8 Å². The maximum Gasteiger partial charge on any atom is 0.330 e. The molecule has 0 unspecified atom stereocenters. The lowest BCUT2D eigenvalue weighted by Gasteiger charge is -2.36. The zero-order valence-electron chi connectivity index (χ0n) is 17.7. The molecule has 2 aliphatic rings. The Kier molecular flexibility index (Phi) is 6.90. The molecule has 0 aromatic rings. The Morgan fingerprint density at radius 2 is 1.93 bits per heavy atom. The Morgan fingerprint density at radius 3 is 2.48 bits per heavy atom. The van der Waals surface area contributed by atoms with Gasteiger partial charge in [-0.15, -0.1) is 0 Å². The molecule has 5 heteroatoms. The number of carbonyl (C=O) groups excluding carboxylic acids is 2. The molecule has 152 valence electrons. The van der Waals surface area contributed by atoms with E-state index in [1.54, 1.807) is 0 Å². The Bertz CT molecular complexity index is 629. The van der Waals surface area contributed by atoms with Gasteiger partial charge in [0.1, 0.15) is 18.3 Å². The summed E-state index contributed by atoms with van der Waals surface area (Å²) in [6.45, 7) is 13.4. The van der Waals surface area contributed by atoms with Crippen LogP contribution in [-0.2, 0) is 23.8 Å². The van der Waals surface area contributed by atoms with E-state index in [0.717, 1.165) is 18.4 Å². The third-order valence-electron chi connectivity index (χ3n) is 5.45. The maximum absolute atomic E-state index is 12.4. The maximum atomic E-state index is 12.4. The van der Waals surface area contributed by atoms with Crippen LogP contribution >= 0.6 is 0 Å². The molecule has 2 rings (SSSR count). The summed E-state index contributed by atoms with van der Waals surface area (Å²) in [6.07, 6.45) is 5.16. The van der Waals surface area contributed by atoms with Crippen LogP contribution in [0.25, 0.3) is 0 Å². The van der Waals surface area contributed by atoms with E-state index in [9.17, 15) is 9.59 Å². The highest BCUT2D eigenvalue weighted by Crippen LogP contribution is 2.48. The minimum atomic E-state index is -0.428. The zero-order chi connectivity index (χ0) is 20.4. The van der Waals surface area contributed by atoms with Crippen LogP contribution in [0.2, 0.25) is 0 Å². The fraction of sp³-hybridized carbons (Fsp3) is 0.727. The lowest BCUT2D eigenvalue weighted by molar-refractivity contribution is -0.161. The molecule has 0 spiro atoms. The van der Waals surface area contributed by atoms with Crippen molar-refractivity contribution in [2.24, 2.45) is 11.8 Å². The molecule has 0 amide bonds. The van der Waals surface area contributed by atoms with Crippen molar-refractivity contribution in [1.82, 2.24) is 0 Å². The Labute approximate surface area is 163 Å². The van der Waals surface area contributed by atoms with E-state index in [1.807, 2.05) is 13.8 Å². The predicted molar refractivity (Wildman–Crippen MR) is 104 cm³/mol. The van der Waals surface area contributed by atoms with E-state index in [1.165, 1.54) is 18.6 Å². The number of fused-ring (bicyclic) bond motifs is 1. The molecule has 0 radical (unpaired) electrons. The molecule has 1 fully saturated rings. The van der Waals surface area contributed by atoms with E-state index in [0.29, 0.717) is 6.42 Å². The lowest BCUT2D eigenvalue weighted by atomic mass is 9.78. The van der Waals surface area contributed by atoms with Crippen LogP contribution in [0.4, 0.5) is 0 Å². The number of hydrogen-bond acceptors (Lipinski definition) is 5. The summed E-state index contributed by atoms with van der Waals surface area (Å²) in [5.41, 5.74) is 1.78. The number of ether oxygens (including phenoxy) is 3. The van der Waals surface area contributed by atoms with Crippen molar-refractivity contribution in [2.75, 3.05) is 0 Å². The fourth-order valence-electron chi connectivity index (χ4n) is 4.11. The second kappa shape index (κ2) is 8.59.